The van der Waals surface area contributed by atoms with Crippen molar-refractivity contribution in [3.63, 3.8) is 0 Å². The second kappa shape index (κ2) is 13.2. The van der Waals surface area contributed by atoms with E-state index in [2.05, 4.69) is 179 Å². The minimum absolute atomic E-state index is 0.855. The van der Waals surface area contributed by atoms with Crippen molar-refractivity contribution in [1.82, 2.24) is 42.7 Å². The summed E-state index contributed by atoms with van der Waals surface area (Å²) in [6.07, 6.45) is -2.17. The van der Waals surface area contributed by atoms with Crippen molar-refractivity contribution >= 4 is 56.6 Å². The van der Waals surface area contributed by atoms with Gasteiger partial charge in [0.25, 0.3) is 0 Å². The van der Waals surface area contributed by atoms with Crippen LogP contribution in [0.2, 0.25) is 0 Å². The minimum Gasteiger partial charge on any atom is -0.385 e. The maximum atomic E-state index is 6.54. The first-order chi connectivity index (χ1) is 16.7. The molecule has 0 bridgehead atoms. The van der Waals surface area contributed by atoms with Crippen LogP contribution in [0, 0.1) is 0 Å². The van der Waals surface area contributed by atoms with Crippen molar-refractivity contribution in [2.45, 2.75) is 6.92 Å². The first-order valence-electron chi connectivity index (χ1n) is 12.5. The number of allylic oxidation sites excluding steroid dienone is 1. The molecule has 1 aliphatic heterocycles. The fourth-order valence-electron chi connectivity index (χ4n) is 4.97. The highest BCUT2D eigenvalue weighted by molar-refractivity contribution is 8.24. The Balaban J connectivity index is 4.84. The predicted octanol–water partition coefficient (Wildman–Crippen LogP) is 3.45. The van der Waals surface area contributed by atoms with E-state index in [1.165, 1.54) is 10.8 Å². The van der Waals surface area contributed by atoms with E-state index in [4.69, 9.17) is 11.8 Å². The normalized spacial score (nSPS) is 18.6. The number of rotatable bonds is 12. The lowest BCUT2D eigenvalue weighted by molar-refractivity contribution is 0.560. The monoisotopic (exact) mass is 615 g/mol. The van der Waals surface area contributed by atoms with Crippen LogP contribution in [0.25, 0.3) is 0 Å². The summed E-state index contributed by atoms with van der Waals surface area (Å²) in [6, 6.07) is 0. The maximum Gasteiger partial charge on any atom is 0.101 e. The summed E-state index contributed by atoms with van der Waals surface area (Å²) in [4.78, 5) is 0. The quantitative estimate of drug-likeness (QED) is 0.330. The van der Waals surface area contributed by atoms with Gasteiger partial charge in [0.1, 0.15) is 6.34 Å². The van der Waals surface area contributed by atoms with Crippen LogP contribution in [0.15, 0.2) is 10.8 Å². The molecular formula is C23H57N9P4S. The lowest BCUT2D eigenvalue weighted by atomic mass is 10.5. The van der Waals surface area contributed by atoms with Gasteiger partial charge in [-0.05, 0) is 131 Å². The number of hydrogen-bond donors (Lipinski definition) is 1. The third kappa shape index (κ3) is 6.19. The molecule has 0 spiro atoms. The molecule has 0 amide bonds. The standard InChI is InChI=1S/C23H57N9P4S/c1-18-24-22-19-33(25(2)3,26(4)5)20-34(27(6)7,28(8)9)23(22)35(29(10)11,30(12)13)21-36(37,31(14)15)32(16)17/h19-21,24H,18H2,1-17H3. The molecular weight excluding hydrogens is 558 g/mol. The van der Waals surface area contributed by atoms with Gasteiger partial charge in [0.05, 0.1) is 25.1 Å². The zero-order valence-corrected chi connectivity index (χ0v) is 31.1. The molecule has 0 aliphatic carbocycles. The summed E-state index contributed by atoms with van der Waals surface area (Å²) < 4.78 is 19.3. The molecule has 14 heteroatoms. The van der Waals surface area contributed by atoms with Crippen LogP contribution in [-0.2, 0) is 11.8 Å². The first kappa shape index (κ1) is 35.8. The largest absolute Gasteiger partial charge is 0.385 e. The van der Waals surface area contributed by atoms with Crippen molar-refractivity contribution < 1.29 is 0 Å². The van der Waals surface area contributed by atoms with E-state index in [1.54, 1.807) is 0 Å². The van der Waals surface area contributed by atoms with E-state index in [9.17, 15) is 0 Å². The predicted molar refractivity (Wildman–Crippen MR) is 183 cm³/mol. The molecule has 0 atom stereocenters. The van der Waals surface area contributed by atoms with Crippen molar-refractivity contribution in [3.05, 3.63) is 10.8 Å². The Labute approximate surface area is 235 Å². The summed E-state index contributed by atoms with van der Waals surface area (Å²) in [5, 5.41) is 5.36. The first-order valence-corrected chi connectivity index (χ1v) is 20.7. The van der Waals surface area contributed by atoms with Crippen LogP contribution in [0.4, 0.5) is 0 Å². The van der Waals surface area contributed by atoms with Crippen LogP contribution in [0.1, 0.15) is 6.92 Å². The number of hydrogen-bond acceptors (Lipinski definition) is 8. The average Bonchev–Trinajstić information content (AvgIpc) is 2.75. The van der Waals surface area contributed by atoms with Gasteiger partial charge in [-0.2, -0.15) is 0 Å². The molecule has 0 aromatic rings. The van der Waals surface area contributed by atoms with Crippen molar-refractivity contribution in [2.75, 3.05) is 119 Å². The lowest BCUT2D eigenvalue weighted by Gasteiger charge is -2.54. The van der Waals surface area contributed by atoms with Gasteiger partial charge in [-0.15, -0.1) is 0 Å². The Morgan fingerprint density at radius 2 is 1.11 bits per heavy atom. The molecule has 37 heavy (non-hydrogen) atoms. The second-order valence-electron chi connectivity index (χ2n) is 11.0. The van der Waals surface area contributed by atoms with Gasteiger partial charge in [0.15, 0.2) is 0 Å². The topological polar surface area (TPSA) is 38.0 Å². The van der Waals surface area contributed by atoms with Crippen molar-refractivity contribution in [1.29, 1.82) is 0 Å². The van der Waals surface area contributed by atoms with Crippen LogP contribution >= 0.6 is 27.9 Å². The van der Waals surface area contributed by atoms with Crippen LogP contribution < -0.4 is 5.32 Å². The molecule has 1 aliphatic rings. The van der Waals surface area contributed by atoms with Crippen molar-refractivity contribution in [2.24, 2.45) is 0 Å². The van der Waals surface area contributed by atoms with Gasteiger partial charge in [-0.3, -0.25) is 37.4 Å². The zero-order chi connectivity index (χ0) is 29.3. The molecule has 0 aromatic heterocycles. The van der Waals surface area contributed by atoms with Crippen LogP contribution in [0.3, 0.4) is 0 Å². The van der Waals surface area contributed by atoms with Gasteiger partial charge in [-0.1, -0.05) is 11.8 Å². The fraction of sp³-hybridized carbons (Fsp3) is 0.783. The number of nitrogens with one attached hydrogen (secondary N) is 1. The van der Waals surface area contributed by atoms with Crippen LogP contribution in [0.5, 0.6) is 0 Å². The Bertz CT molecular complexity index is 1010. The Morgan fingerprint density at radius 1 is 0.703 bits per heavy atom. The molecule has 0 unspecified atom stereocenters. The minimum atomic E-state index is -2.27. The second-order valence-corrected chi connectivity index (χ2v) is 27.5. The molecule has 1 rings (SSSR count). The van der Waals surface area contributed by atoms with Gasteiger partial charge < -0.3 is 5.32 Å². The van der Waals surface area contributed by atoms with E-state index in [0.717, 1.165) is 6.54 Å². The van der Waals surface area contributed by atoms with E-state index >= 15 is 0 Å². The lowest BCUT2D eigenvalue weighted by Crippen LogP contribution is -2.38. The maximum absolute atomic E-state index is 6.54. The fourth-order valence-corrected chi connectivity index (χ4v) is 28.9. The SMILES string of the molecule is CCNC1=C(P(=CP(=S)(N(C)C)N(C)C)(N(C)C)N(C)C)P(N(C)C)(N(C)C)=CP(N(C)C)(N(C)C)=C1. The zero-order valence-electron chi connectivity index (χ0n) is 26.7. The van der Waals surface area contributed by atoms with E-state index < -0.39 is 27.9 Å². The van der Waals surface area contributed by atoms with E-state index in [-0.39, 0.29) is 0 Å². The van der Waals surface area contributed by atoms with Gasteiger partial charge in [0, 0.05) is 19.3 Å². The molecule has 220 valence electrons. The molecule has 9 nitrogen and oxygen atoms in total. The summed E-state index contributed by atoms with van der Waals surface area (Å²) >= 11 is 6.54. The van der Waals surface area contributed by atoms with E-state index in [0.29, 0.717) is 0 Å². The van der Waals surface area contributed by atoms with Gasteiger partial charge >= 0.3 is 0 Å². The molecule has 0 fully saturated rings. The highest BCUT2D eigenvalue weighted by Crippen LogP contribution is 2.81. The summed E-state index contributed by atoms with van der Waals surface area (Å²) in [5.41, 5.74) is 6.56. The highest BCUT2D eigenvalue weighted by atomic mass is 32.4. The van der Waals surface area contributed by atoms with E-state index in [1.807, 2.05) is 0 Å². The smallest absolute Gasteiger partial charge is 0.101 e. The third-order valence-corrected chi connectivity index (χ3v) is 28.9. The highest BCUT2D eigenvalue weighted by Gasteiger charge is 2.47. The molecule has 0 radical (unpaired) electrons. The Hall–Kier alpha value is 0.770. The molecule has 1 heterocycles. The third-order valence-electron chi connectivity index (χ3n) is 7.06. The Morgan fingerprint density at radius 3 is 1.38 bits per heavy atom. The summed E-state index contributed by atoms with van der Waals surface area (Å²) in [5.74, 6) is 2.54. The molecule has 0 saturated heterocycles. The van der Waals surface area contributed by atoms with Gasteiger partial charge in [0.2, 0.25) is 0 Å². The molecule has 0 aromatic carbocycles. The summed E-state index contributed by atoms with van der Waals surface area (Å²) in [6.45, 7) is 3.06. The molecule has 0 saturated carbocycles. The van der Waals surface area contributed by atoms with Gasteiger partial charge in [-0.25, -0.2) is 0 Å². The number of nitrogens with zero attached hydrogens (tertiary/aromatic N) is 8. The molecule has 1 N–H and O–H groups in total. The average molecular weight is 616 g/mol. The summed E-state index contributed by atoms with van der Waals surface area (Å²) in [7, 11) is 29.0. The Kier molecular flexibility index (Phi) is 12.7. The van der Waals surface area contributed by atoms with Crippen LogP contribution in [-0.4, -0.2) is 174 Å². The van der Waals surface area contributed by atoms with Crippen molar-refractivity contribution in [3.8, 4) is 0 Å².